The van der Waals surface area contributed by atoms with Crippen LogP contribution in [0.25, 0.3) is 0 Å². The molecule has 1 aromatic carbocycles. The highest BCUT2D eigenvalue weighted by molar-refractivity contribution is 5.46. The molecule has 0 heterocycles. The van der Waals surface area contributed by atoms with Crippen molar-refractivity contribution in [2.75, 3.05) is 13.2 Å². The maximum atomic E-state index is 8.88. The number of rotatable bonds is 3. The number of ether oxygens (including phenoxy) is 1. The van der Waals surface area contributed by atoms with E-state index in [-0.39, 0.29) is 12.7 Å². The quantitative estimate of drug-likeness (QED) is 0.716. The first-order valence-electron chi connectivity index (χ1n) is 4.83. The van der Waals surface area contributed by atoms with Crippen molar-refractivity contribution in [3.05, 3.63) is 29.8 Å². The van der Waals surface area contributed by atoms with Gasteiger partial charge in [-0.2, -0.15) is 0 Å². The molecule has 15 heavy (non-hydrogen) atoms. The van der Waals surface area contributed by atoms with Crippen molar-refractivity contribution in [3.8, 4) is 17.6 Å². The van der Waals surface area contributed by atoms with Crippen molar-refractivity contribution < 1.29 is 9.84 Å². The van der Waals surface area contributed by atoms with E-state index in [2.05, 4.69) is 11.8 Å². The van der Waals surface area contributed by atoms with E-state index in [0.29, 0.717) is 12.3 Å². The topological polar surface area (TPSA) is 55.5 Å². The molecule has 0 radical (unpaired) electrons. The zero-order valence-electron chi connectivity index (χ0n) is 8.73. The Morgan fingerprint density at radius 2 is 2.20 bits per heavy atom. The van der Waals surface area contributed by atoms with E-state index in [0.717, 1.165) is 5.56 Å². The van der Waals surface area contributed by atoms with Gasteiger partial charge in [-0.1, -0.05) is 24.0 Å². The average Bonchev–Trinajstić information content (AvgIpc) is 2.28. The van der Waals surface area contributed by atoms with Crippen LogP contribution < -0.4 is 10.5 Å². The molecule has 80 valence electrons. The van der Waals surface area contributed by atoms with Gasteiger partial charge in [-0.05, 0) is 19.1 Å². The molecule has 0 aromatic heterocycles. The lowest BCUT2D eigenvalue weighted by molar-refractivity contribution is 0.129. The van der Waals surface area contributed by atoms with E-state index in [4.69, 9.17) is 15.6 Å². The predicted molar refractivity (Wildman–Crippen MR) is 59.6 cm³/mol. The predicted octanol–water partition coefficient (Wildman–Crippen LogP) is 0.756. The van der Waals surface area contributed by atoms with Gasteiger partial charge in [-0.3, -0.25) is 0 Å². The second kappa shape index (κ2) is 6.07. The summed E-state index contributed by atoms with van der Waals surface area (Å²) in [5.74, 6) is 6.37. The first-order valence-corrected chi connectivity index (χ1v) is 4.83. The van der Waals surface area contributed by atoms with Gasteiger partial charge in [-0.15, -0.1) is 0 Å². The van der Waals surface area contributed by atoms with Gasteiger partial charge in [0.1, 0.15) is 11.9 Å². The fourth-order valence-corrected chi connectivity index (χ4v) is 1.07. The van der Waals surface area contributed by atoms with E-state index in [1.54, 1.807) is 6.92 Å². The van der Waals surface area contributed by atoms with Crippen LogP contribution in [0.3, 0.4) is 0 Å². The van der Waals surface area contributed by atoms with Gasteiger partial charge >= 0.3 is 0 Å². The Bertz CT molecular complexity index is 365. The van der Waals surface area contributed by atoms with Crippen LogP contribution in [0.2, 0.25) is 0 Å². The Balaban J connectivity index is 2.86. The maximum absolute atomic E-state index is 8.88. The molecule has 0 aliphatic rings. The third-order valence-corrected chi connectivity index (χ3v) is 1.80. The van der Waals surface area contributed by atoms with Crippen molar-refractivity contribution >= 4 is 0 Å². The first kappa shape index (κ1) is 11.6. The minimum absolute atomic E-state index is 0.0152. The SMILES string of the molecule is CC(CO)Oc1ccccc1C#CCN. The molecule has 3 nitrogen and oxygen atoms in total. The molecule has 1 aromatic rings. The molecular weight excluding hydrogens is 190 g/mol. The highest BCUT2D eigenvalue weighted by Crippen LogP contribution is 2.17. The standard InChI is InChI=1S/C12H15NO2/c1-10(9-14)15-12-7-3-2-5-11(12)6-4-8-13/h2-3,5,7,10,14H,8-9,13H2,1H3. The fourth-order valence-electron chi connectivity index (χ4n) is 1.07. The van der Waals surface area contributed by atoms with E-state index >= 15 is 0 Å². The van der Waals surface area contributed by atoms with Crippen LogP contribution in [0.15, 0.2) is 24.3 Å². The second-order valence-electron chi connectivity index (χ2n) is 3.11. The van der Waals surface area contributed by atoms with Gasteiger partial charge in [0.05, 0.1) is 18.7 Å². The van der Waals surface area contributed by atoms with Crippen molar-refractivity contribution in [1.82, 2.24) is 0 Å². The van der Waals surface area contributed by atoms with Gasteiger partial charge in [0.15, 0.2) is 0 Å². The van der Waals surface area contributed by atoms with Crippen LogP contribution in [0, 0.1) is 11.8 Å². The second-order valence-corrected chi connectivity index (χ2v) is 3.11. The van der Waals surface area contributed by atoms with Crippen molar-refractivity contribution in [1.29, 1.82) is 0 Å². The monoisotopic (exact) mass is 205 g/mol. The van der Waals surface area contributed by atoms with Crippen LogP contribution in [0.5, 0.6) is 5.75 Å². The summed E-state index contributed by atoms with van der Waals surface area (Å²) in [6.07, 6.45) is -0.231. The average molecular weight is 205 g/mol. The lowest BCUT2D eigenvalue weighted by atomic mass is 10.2. The molecule has 0 saturated carbocycles. The largest absolute Gasteiger partial charge is 0.487 e. The number of benzene rings is 1. The van der Waals surface area contributed by atoms with Crippen molar-refractivity contribution in [3.63, 3.8) is 0 Å². The van der Waals surface area contributed by atoms with Gasteiger partial charge in [0.2, 0.25) is 0 Å². The number of para-hydroxylation sites is 1. The minimum Gasteiger partial charge on any atom is -0.487 e. The first-order chi connectivity index (χ1) is 7.27. The summed E-state index contributed by atoms with van der Waals surface area (Å²) < 4.78 is 5.50. The molecule has 1 rings (SSSR count). The lowest BCUT2D eigenvalue weighted by Crippen LogP contribution is -2.16. The number of aliphatic hydroxyl groups excluding tert-OH is 1. The molecule has 0 aliphatic carbocycles. The zero-order chi connectivity index (χ0) is 11.1. The Hall–Kier alpha value is -1.50. The van der Waals surface area contributed by atoms with Crippen LogP contribution in [-0.2, 0) is 0 Å². The number of hydrogen-bond acceptors (Lipinski definition) is 3. The summed E-state index contributed by atoms with van der Waals surface area (Å²) in [7, 11) is 0. The third kappa shape index (κ3) is 3.62. The molecule has 0 fully saturated rings. The Labute approximate surface area is 89.9 Å². The number of hydrogen-bond donors (Lipinski definition) is 2. The molecule has 0 amide bonds. The van der Waals surface area contributed by atoms with Crippen LogP contribution in [-0.4, -0.2) is 24.4 Å². The van der Waals surface area contributed by atoms with Crippen molar-refractivity contribution in [2.24, 2.45) is 5.73 Å². The van der Waals surface area contributed by atoms with E-state index in [1.165, 1.54) is 0 Å². The van der Waals surface area contributed by atoms with E-state index in [9.17, 15) is 0 Å². The molecule has 0 aliphatic heterocycles. The van der Waals surface area contributed by atoms with E-state index in [1.807, 2.05) is 24.3 Å². The lowest BCUT2D eigenvalue weighted by Gasteiger charge is -2.12. The molecule has 3 heteroatoms. The molecule has 1 atom stereocenters. The van der Waals surface area contributed by atoms with Crippen LogP contribution in [0.4, 0.5) is 0 Å². The fraction of sp³-hybridized carbons (Fsp3) is 0.333. The molecule has 0 spiro atoms. The van der Waals surface area contributed by atoms with E-state index < -0.39 is 0 Å². The summed E-state index contributed by atoms with van der Waals surface area (Å²) in [5.41, 5.74) is 6.09. The summed E-state index contributed by atoms with van der Waals surface area (Å²) >= 11 is 0. The smallest absolute Gasteiger partial charge is 0.135 e. The maximum Gasteiger partial charge on any atom is 0.135 e. The normalized spacial score (nSPS) is 11.4. The Kier molecular flexibility index (Phi) is 4.69. The minimum atomic E-state index is -0.231. The third-order valence-electron chi connectivity index (χ3n) is 1.80. The van der Waals surface area contributed by atoms with Crippen LogP contribution >= 0.6 is 0 Å². The van der Waals surface area contributed by atoms with Crippen LogP contribution in [0.1, 0.15) is 12.5 Å². The Morgan fingerprint density at radius 3 is 2.87 bits per heavy atom. The summed E-state index contributed by atoms with van der Waals surface area (Å²) in [4.78, 5) is 0. The number of aliphatic hydroxyl groups is 1. The van der Waals surface area contributed by atoms with Gasteiger partial charge in [0, 0.05) is 0 Å². The highest BCUT2D eigenvalue weighted by Gasteiger charge is 2.04. The molecule has 0 bridgehead atoms. The number of nitrogens with two attached hydrogens (primary N) is 1. The Morgan fingerprint density at radius 1 is 1.47 bits per heavy atom. The molecule has 0 saturated heterocycles. The molecular formula is C12H15NO2. The molecule has 1 unspecified atom stereocenters. The summed E-state index contributed by atoms with van der Waals surface area (Å²) in [5, 5.41) is 8.88. The molecule has 3 N–H and O–H groups in total. The van der Waals surface area contributed by atoms with Gasteiger partial charge in [-0.25, -0.2) is 0 Å². The highest BCUT2D eigenvalue weighted by atomic mass is 16.5. The van der Waals surface area contributed by atoms with Gasteiger partial charge < -0.3 is 15.6 Å². The van der Waals surface area contributed by atoms with Gasteiger partial charge in [0.25, 0.3) is 0 Å². The summed E-state index contributed by atoms with van der Waals surface area (Å²) in [6, 6.07) is 7.44. The zero-order valence-corrected chi connectivity index (χ0v) is 8.73. The van der Waals surface area contributed by atoms with Crippen molar-refractivity contribution in [2.45, 2.75) is 13.0 Å². The summed E-state index contributed by atoms with van der Waals surface area (Å²) in [6.45, 7) is 2.11.